The number of rotatable bonds is 7. The first kappa shape index (κ1) is 22.5. The number of sulfonamides is 1. The smallest absolute Gasteiger partial charge is 0.268 e. The van der Waals surface area contributed by atoms with Gasteiger partial charge in [-0.3, -0.25) is 4.79 Å². The molecule has 0 saturated carbocycles. The molecule has 1 fully saturated rings. The lowest BCUT2D eigenvalue weighted by Crippen LogP contribution is -2.40. The van der Waals surface area contributed by atoms with E-state index in [1.807, 2.05) is 12.1 Å². The molecule has 1 unspecified atom stereocenters. The summed E-state index contributed by atoms with van der Waals surface area (Å²) in [5, 5.41) is 3.08. The fourth-order valence-corrected chi connectivity index (χ4v) is 5.13. The molecule has 1 N–H and O–H groups in total. The quantitative estimate of drug-likeness (QED) is 0.728. The van der Waals surface area contributed by atoms with Crippen LogP contribution in [0.2, 0.25) is 0 Å². The van der Waals surface area contributed by atoms with E-state index >= 15 is 0 Å². The molecule has 164 valence electrons. The number of aryl methyl sites for hydroxylation is 2. The highest BCUT2D eigenvalue weighted by atomic mass is 32.2. The summed E-state index contributed by atoms with van der Waals surface area (Å²) in [4.78, 5) is 13.2. The summed E-state index contributed by atoms with van der Waals surface area (Å²) < 4.78 is 34.0. The molecule has 1 amide bonds. The predicted molar refractivity (Wildman–Crippen MR) is 116 cm³/mol. The van der Waals surface area contributed by atoms with Crippen LogP contribution in [0.15, 0.2) is 41.4 Å². The number of carbonyl (C=O) groups excluding carboxylic acids is 1. The van der Waals surface area contributed by atoms with Crippen molar-refractivity contribution in [2.75, 3.05) is 26.3 Å². The minimum Gasteiger partial charge on any atom is -0.379 e. The standard InChI is InChI=1S/C22H31N3O4S/c1-5-17-6-8-18(9-7-17)21(16(2)3)23-22(26)20-14-19(15-24(20)4)30(27,28)25-10-12-29-13-11-25/h6-9,14-16,21H,5,10-13H2,1-4H3,(H,23,26). The molecule has 1 saturated heterocycles. The van der Waals surface area contributed by atoms with Crippen LogP contribution >= 0.6 is 0 Å². The maximum atomic E-state index is 13.0. The molecule has 30 heavy (non-hydrogen) atoms. The van der Waals surface area contributed by atoms with Gasteiger partial charge in [-0.15, -0.1) is 0 Å². The van der Waals surface area contributed by atoms with Crippen molar-refractivity contribution in [3.63, 3.8) is 0 Å². The summed E-state index contributed by atoms with van der Waals surface area (Å²) in [6.07, 6.45) is 2.46. The first-order valence-electron chi connectivity index (χ1n) is 10.4. The van der Waals surface area contributed by atoms with E-state index < -0.39 is 10.0 Å². The van der Waals surface area contributed by atoms with Gasteiger partial charge in [0, 0.05) is 26.3 Å². The fraction of sp³-hybridized carbons (Fsp3) is 0.500. The van der Waals surface area contributed by atoms with Gasteiger partial charge < -0.3 is 14.6 Å². The van der Waals surface area contributed by atoms with E-state index in [9.17, 15) is 13.2 Å². The molecule has 1 aromatic heterocycles. The Hall–Kier alpha value is -2.16. The zero-order chi connectivity index (χ0) is 21.9. The molecular formula is C22H31N3O4S. The molecule has 1 aliphatic rings. The number of nitrogens with one attached hydrogen (secondary N) is 1. The predicted octanol–water partition coefficient (Wildman–Crippen LogP) is 2.74. The van der Waals surface area contributed by atoms with Gasteiger partial charge in [0.25, 0.3) is 5.91 Å². The molecule has 7 nitrogen and oxygen atoms in total. The van der Waals surface area contributed by atoms with Crippen LogP contribution < -0.4 is 5.32 Å². The molecule has 0 spiro atoms. The van der Waals surface area contributed by atoms with Crippen molar-refractivity contribution in [3.05, 3.63) is 53.3 Å². The maximum Gasteiger partial charge on any atom is 0.268 e. The summed E-state index contributed by atoms with van der Waals surface area (Å²) in [7, 11) is -1.96. The van der Waals surface area contributed by atoms with E-state index in [2.05, 4.69) is 38.2 Å². The Morgan fingerprint density at radius 1 is 1.17 bits per heavy atom. The maximum absolute atomic E-state index is 13.0. The number of nitrogens with zero attached hydrogens (tertiary/aromatic N) is 2. The molecule has 0 aliphatic carbocycles. The lowest BCUT2D eigenvalue weighted by Gasteiger charge is -2.25. The Labute approximate surface area is 179 Å². The Morgan fingerprint density at radius 2 is 1.80 bits per heavy atom. The number of benzene rings is 1. The number of ether oxygens (including phenoxy) is 1. The largest absolute Gasteiger partial charge is 0.379 e. The van der Waals surface area contributed by atoms with Gasteiger partial charge in [-0.1, -0.05) is 45.0 Å². The van der Waals surface area contributed by atoms with Gasteiger partial charge in [0.05, 0.1) is 19.3 Å². The van der Waals surface area contributed by atoms with E-state index in [1.165, 1.54) is 22.1 Å². The van der Waals surface area contributed by atoms with Crippen LogP contribution in [0.1, 0.15) is 48.4 Å². The van der Waals surface area contributed by atoms with Crippen molar-refractivity contribution in [2.45, 2.75) is 38.1 Å². The second kappa shape index (κ2) is 9.32. The molecule has 1 aliphatic heterocycles. The average molecular weight is 434 g/mol. The summed E-state index contributed by atoms with van der Waals surface area (Å²) in [5.41, 5.74) is 2.59. The fourth-order valence-electron chi connectivity index (χ4n) is 3.65. The van der Waals surface area contributed by atoms with Crippen molar-refractivity contribution >= 4 is 15.9 Å². The Morgan fingerprint density at radius 3 is 2.37 bits per heavy atom. The van der Waals surface area contributed by atoms with Crippen molar-refractivity contribution in [1.29, 1.82) is 0 Å². The minimum atomic E-state index is -3.65. The van der Waals surface area contributed by atoms with Gasteiger partial charge >= 0.3 is 0 Å². The van der Waals surface area contributed by atoms with Gasteiger partial charge in [-0.25, -0.2) is 8.42 Å². The Balaban J connectivity index is 1.81. The minimum absolute atomic E-state index is 0.130. The topological polar surface area (TPSA) is 80.6 Å². The molecule has 0 bridgehead atoms. The molecule has 8 heteroatoms. The molecule has 2 heterocycles. The van der Waals surface area contributed by atoms with Crippen LogP contribution in [-0.4, -0.2) is 49.5 Å². The number of hydrogen-bond acceptors (Lipinski definition) is 4. The monoisotopic (exact) mass is 433 g/mol. The van der Waals surface area contributed by atoms with E-state index in [0.29, 0.717) is 32.0 Å². The highest BCUT2D eigenvalue weighted by molar-refractivity contribution is 7.89. The summed E-state index contributed by atoms with van der Waals surface area (Å²) >= 11 is 0. The van der Waals surface area contributed by atoms with Gasteiger partial charge in [0.2, 0.25) is 10.0 Å². The normalized spacial score (nSPS) is 16.6. The van der Waals surface area contributed by atoms with Crippen molar-refractivity contribution in [1.82, 2.24) is 14.2 Å². The van der Waals surface area contributed by atoms with Gasteiger partial charge in [-0.05, 0) is 29.5 Å². The van der Waals surface area contributed by atoms with E-state index in [1.54, 1.807) is 11.6 Å². The third kappa shape index (κ3) is 4.77. The Kier molecular flexibility index (Phi) is 7.00. The number of amides is 1. The highest BCUT2D eigenvalue weighted by Crippen LogP contribution is 2.24. The molecule has 0 radical (unpaired) electrons. The first-order valence-corrected chi connectivity index (χ1v) is 11.8. The van der Waals surface area contributed by atoms with Crippen LogP contribution in [0.4, 0.5) is 0 Å². The molecule has 1 aromatic carbocycles. The van der Waals surface area contributed by atoms with E-state index in [-0.39, 0.29) is 22.8 Å². The van der Waals surface area contributed by atoms with Crippen LogP contribution in [0.5, 0.6) is 0 Å². The second-order valence-corrected chi connectivity index (χ2v) is 9.92. The summed E-state index contributed by atoms with van der Waals surface area (Å²) in [6.45, 7) is 7.62. The van der Waals surface area contributed by atoms with Crippen LogP contribution in [-0.2, 0) is 28.2 Å². The SMILES string of the molecule is CCc1ccc(C(NC(=O)c2cc(S(=O)(=O)N3CCOCC3)cn2C)C(C)C)cc1. The number of hydrogen-bond donors (Lipinski definition) is 1. The van der Waals surface area contributed by atoms with Crippen LogP contribution in [0, 0.1) is 5.92 Å². The number of carbonyl (C=O) groups is 1. The number of morpholine rings is 1. The average Bonchev–Trinajstić information content (AvgIpc) is 3.15. The third-order valence-corrected chi connectivity index (χ3v) is 7.38. The lowest BCUT2D eigenvalue weighted by atomic mass is 9.94. The third-order valence-electron chi connectivity index (χ3n) is 5.52. The van der Waals surface area contributed by atoms with Crippen LogP contribution in [0.3, 0.4) is 0 Å². The number of aromatic nitrogens is 1. The van der Waals surface area contributed by atoms with E-state index in [4.69, 9.17) is 4.74 Å². The zero-order valence-corrected chi connectivity index (χ0v) is 18.9. The molecule has 2 aromatic rings. The molecular weight excluding hydrogens is 402 g/mol. The summed E-state index contributed by atoms with van der Waals surface area (Å²) in [6, 6.07) is 9.53. The zero-order valence-electron chi connectivity index (χ0n) is 18.1. The van der Waals surface area contributed by atoms with E-state index in [0.717, 1.165) is 12.0 Å². The van der Waals surface area contributed by atoms with Gasteiger partial charge in [0.15, 0.2) is 0 Å². The van der Waals surface area contributed by atoms with Crippen molar-refractivity contribution in [2.24, 2.45) is 13.0 Å². The van der Waals surface area contributed by atoms with Crippen molar-refractivity contribution < 1.29 is 17.9 Å². The van der Waals surface area contributed by atoms with Crippen LogP contribution in [0.25, 0.3) is 0 Å². The van der Waals surface area contributed by atoms with Gasteiger partial charge in [-0.2, -0.15) is 4.31 Å². The van der Waals surface area contributed by atoms with Crippen molar-refractivity contribution in [3.8, 4) is 0 Å². The Bertz CT molecular complexity index is 974. The highest BCUT2D eigenvalue weighted by Gasteiger charge is 2.29. The lowest BCUT2D eigenvalue weighted by molar-refractivity contribution is 0.0730. The molecule has 1 atom stereocenters. The molecule has 3 rings (SSSR count). The van der Waals surface area contributed by atoms with Gasteiger partial charge in [0.1, 0.15) is 10.6 Å². The summed E-state index contributed by atoms with van der Waals surface area (Å²) in [5.74, 6) is -0.113. The second-order valence-electron chi connectivity index (χ2n) is 7.98. The first-order chi connectivity index (χ1) is 14.2.